The van der Waals surface area contributed by atoms with Crippen molar-refractivity contribution >= 4 is 17.7 Å². The van der Waals surface area contributed by atoms with Crippen molar-refractivity contribution in [3.05, 3.63) is 30.1 Å². The first-order valence-electron chi connectivity index (χ1n) is 8.81. The van der Waals surface area contributed by atoms with Crippen molar-refractivity contribution in [2.75, 3.05) is 39.3 Å². The van der Waals surface area contributed by atoms with Gasteiger partial charge < -0.3 is 14.7 Å². The summed E-state index contributed by atoms with van der Waals surface area (Å²) >= 11 is 0. The van der Waals surface area contributed by atoms with E-state index in [4.69, 9.17) is 0 Å². The van der Waals surface area contributed by atoms with Crippen molar-refractivity contribution in [3.63, 3.8) is 0 Å². The number of hydrogen-bond donors (Lipinski definition) is 0. The molecule has 7 nitrogen and oxygen atoms in total. The molecule has 0 N–H and O–H groups in total. The maximum absolute atomic E-state index is 12.7. The summed E-state index contributed by atoms with van der Waals surface area (Å²) in [7, 11) is 0. The van der Waals surface area contributed by atoms with Gasteiger partial charge in [-0.3, -0.25) is 19.4 Å². The zero-order valence-electron chi connectivity index (χ0n) is 14.6. The molecule has 0 aromatic carbocycles. The fourth-order valence-corrected chi connectivity index (χ4v) is 3.48. The van der Waals surface area contributed by atoms with E-state index in [1.807, 2.05) is 4.90 Å². The van der Waals surface area contributed by atoms with Crippen LogP contribution in [-0.4, -0.2) is 76.7 Å². The Morgan fingerprint density at radius 3 is 2.12 bits per heavy atom. The minimum Gasteiger partial charge on any atom is -0.343 e. The van der Waals surface area contributed by atoms with Crippen LogP contribution < -0.4 is 0 Å². The molecule has 0 radical (unpaired) electrons. The Hall–Kier alpha value is -2.44. The molecule has 0 aliphatic carbocycles. The standard InChI is InChI=1S/C18H24N4O3/c1-14(23)20-8-5-15(6-9-20)17(24)21-10-12-22(13-11-21)18(25)16-4-2-3-7-19-16/h2-4,7,15H,5-6,8-13H2,1H3. The smallest absolute Gasteiger partial charge is 0.272 e. The molecule has 3 rings (SSSR count). The minimum atomic E-state index is -0.0811. The second-order valence-electron chi connectivity index (χ2n) is 6.61. The summed E-state index contributed by atoms with van der Waals surface area (Å²) in [5.41, 5.74) is 0.443. The molecule has 25 heavy (non-hydrogen) atoms. The van der Waals surface area contributed by atoms with Gasteiger partial charge in [0.05, 0.1) is 0 Å². The number of piperazine rings is 1. The van der Waals surface area contributed by atoms with Crippen LogP contribution in [0.2, 0.25) is 0 Å². The molecule has 7 heteroatoms. The molecule has 0 saturated carbocycles. The topological polar surface area (TPSA) is 73.8 Å². The van der Waals surface area contributed by atoms with Crippen molar-refractivity contribution in [3.8, 4) is 0 Å². The van der Waals surface area contributed by atoms with E-state index in [9.17, 15) is 14.4 Å². The quantitative estimate of drug-likeness (QED) is 0.788. The average molecular weight is 344 g/mol. The van der Waals surface area contributed by atoms with E-state index in [-0.39, 0.29) is 23.6 Å². The summed E-state index contributed by atoms with van der Waals surface area (Å²) in [5, 5.41) is 0. The Morgan fingerprint density at radius 2 is 1.56 bits per heavy atom. The van der Waals surface area contributed by atoms with Gasteiger partial charge in [-0.1, -0.05) is 6.07 Å². The second-order valence-corrected chi connectivity index (χ2v) is 6.61. The normalized spacial score (nSPS) is 19.0. The molecule has 2 saturated heterocycles. The molecule has 0 spiro atoms. The SMILES string of the molecule is CC(=O)N1CCC(C(=O)N2CCN(C(=O)c3ccccn3)CC2)CC1. The number of pyridine rings is 1. The highest BCUT2D eigenvalue weighted by molar-refractivity contribution is 5.92. The monoisotopic (exact) mass is 344 g/mol. The fourth-order valence-electron chi connectivity index (χ4n) is 3.48. The Morgan fingerprint density at radius 1 is 0.920 bits per heavy atom. The summed E-state index contributed by atoms with van der Waals surface area (Å²) in [6.45, 7) is 5.07. The molecule has 1 aromatic rings. The lowest BCUT2D eigenvalue weighted by Gasteiger charge is -2.38. The van der Waals surface area contributed by atoms with E-state index in [1.165, 1.54) is 0 Å². The largest absolute Gasteiger partial charge is 0.343 e. The molecular formula is C18H24N4O3. The zero-order chi connectivity index (χ0) is 17.8. The summed E-state index contributed by atoms with van der Waals surface area (Å²) in [4.78, 5) is 46.0. The number of rotatable bonds is 2. The van der Waals surface area contributed by atoms with Crippen molar-refractivity contribution in [2.45, 2.75) is 19.8 Å². The maximum Gasteiger partial charge on any atom is 0.272 e. The minimum absolute atomic E-state index is 0.00589. The van der Waals surface area contributed by atoms with Crippen LogP contribution in [0.1, 0.15) is 30.3 Å². The number of piperidine rings is 1. The van der Waals surface area contributed by atoms with E-state index in [2.05, 4.69) is 4.98 Å². The van der Waals surface area contributed by atoms with Gasteiger partial charge in [0, 0.05) is 58.3 Å². The Kier molecular flexibility index (Phi) is 5.31. The van der Waals surface area contributed by atoms with Crippen LogP contribution in [0.25, 0.3) is 0 Å². The van der Waals surface area contributed by atoms with Crippen molar-refractivity contribution in [1.29, 1.82) is 0 Å². The van der Waals surface area contributed by atoms with Crippen LogP contribution in [0, 0.1) is 5.92 Å². The lowest BCUT2D eigenvalue weighted by molar-refractivity contribution is -0.141. The number of nitrogens with zero attached hydrogens (tertiary/aromatic N) is 4. The third-order valence-electron chi connectivity index (χ3n) is 5.05. The zero-order valence-corrected chi connectivity index (χ0v) is 14.6. The fraction of sp³-hybridized carbons (Fsp3) is 0.556. The molecule has 0 atom stereocenters. The van der Waals surface area contributed by atoms with E-state index in [0.29, 0.717) is 45.0 Å². The highest BCUT2D eigenvalue weighted by atomic mass is 16.2. The van der Waals surface area contributed by atoms with Crippen LogP contribution in [0.3, 0.4) is 0 Å². The van der Waals surface area contributed by atoms with Crippen LogP contribution in [-0.2, 0) is 9.59 Å². The average Bonchev–Trinajstić information content (AvgIpc) is 2.67. The number of carbonyl (C=O) groups is 3. The molecule has 2 fully saturated rings. The lowest BCUT2D eigenvalue weighted by Crippen LogP contribution is -2.53. The van der Waals surface area contributed by atoms with Crippen LogP contribution >= 0.6 is 0 Å². The Labute approximate surface area is 147 Å². The predicted octanol–water partition coefficient (Wildman–Crippen LogP) is 0.624. The van der Waals surface area contributed by atoms with Crippen molar-refractivity contribution < 1.29 is 14.4 Å². The molecule has 3 amide bonds. The molecule has 0 bridgehead atoms. The molecule has 2 aliphatic heterocycles. The first kappa shape index (κ1) is 17.4. The molecule has 1 aromatic heterocycles. The number of carbonyl (C=O) groups excluding carboxylic acids is 3. The van der Waals surface area contributed by atoms with E-state index in [1.54, 1.807) is 41.1 Å². The van der Waals surface area contributed by atoms with Gasteiger partial charge in [0.15, 0.2) is 0 Å². The van der Waals surface area contributed by atoms with Gasteiger partial charge in [-0.2, -0.15) is 0 Å². The first-order valence-corrected chi connectivity index (χ1v) is 8.81. The number of aromatic nitrogens is 1. The van der Waals surface area contributed by atoms with Gasteiger partial charge in [-0.25, -0.2) is 0 Å². The van der Waals surface area contributed by atoms with Gasteiger partial charge in [-0.05, 0) is 25.0 Å². The molecule has 0 unspecified atom stereocenters. The first-order chi connectivity index (χ1) is 12.1. The maximum atomic E-state index is 12.7. The Bertz CT molecular complexity index is 633. The highest BCUT2D eigenvalue weighted by Gasteiger charge is 2.32. The summed E-state index contributed by atoms with van der Waals surface area (Å²) < 4.78 is 0. The van der Waals surface area contributed by atoms with Gasteiger partial charge in [0.2, 0.25) is 11.8 Å². The molecule has 2 aliphatic rings. The highest BCUT2D eigenvalue weighted by Crippen LogP contribution is 2.21. The van der Waals surface area contributed by atoms with Gasteiger partial charge in [-0.15, -0.1) is 0 Å². The third-order valence-corrected chi connectivity index (χ3v) is 5.05. The van der Waals surface area contributed by atoms with E-state index in [0.717, 1.165) is 12.8 Å². The third kappa shape index (κ3) is 3.97. The molecule has 134 valence electrons. The van der Waals surface area contributed by atoms with Gasteiger partial charge in [0.1, 0.15) is 5.69 Å². The van der Waals surface area contributed by atoms with Gasteiger partial charge >= 0.3 is 0 Å². The molecule has 3 heterocycles. The van der Waals surface area contributed by atoms with E-state index < -0.39 is 0 Å². The lowest BCUT2D eigenvalue weighted by atomic mass is 9.95. The molecular weight excluding hydrogens is 320 g/mol. The summed E-state index contributed by atoms with van der Waals surface area (Å²) in [6, 6.07) is 5.29. The number of likely N-dealkylation sites (tertiary alicyclic amines) is 1. The predicted molar refractivity (Wildman–Crippen MR) is 91.7 cm³/mol. The van der Waals surface area contributed by atoms with Crippen molar-refractivity contribution in [2.24, 2.45) is 5.92 Å². The van der Waals surface area contributed by atoms with Crippen LogP contribution in [0.15, 0.2) is 24.4 Å². The van der Waals surface area contributed by atoms with Crippen molar-refractivity contribution in [1.82, 2.24) is 19.7 Å². The summed E-state index contributed by atoms with van der Waals surface area (Å²) in [6.07, 6.45) is 3.07. The van der Waals surface area contributed by atoms with Crippen LogP contribution in [0.4, 0.5) is 0 Å². The van der Waals surface area contributed by atoms with Crippen LogP contribution in [0.5, 0.6) is 0 Å². The number of amides is 3. The summed E-state index contributed by atoms with van der Waals surface area (Å²) in [5.74, 6) is 0.150. The van der Waals surface area contributed by atoms with E-state index >= 15 is 0 Å². The number of hydrogen-bond acceptors (Lipinski definition) is 4. The Balaban J connectivity index is 1.50. The van der Waals surface area contributed by atoms with Gasteiger partial charge in [0.25, 0.3) is 5.91 Å². The second kappa shape index (κ2) is 7.63.